The van der Waals surface area contributed by atoms with Crippen LogP contribution >= 0.6 is 0 Å². The summed E-state index contributed by atoms with van der Waals surface area (Å²) in [5.41, 5.74) is 2.30. The molecule has 0 aliphatic heterocycles. The number of sulfonamides is 1. The number of para-hydroxylation sites is 1. The number of ether oxygens (including phenoxy) is 2. The van der Waals surface area contributed by atoms with Gasteiger partial charge in [0.05, 0.1) is 25.7 Å². The van der Waals surface area contributed by atoms with Crippen molar-refractivity contribution in [1.29, 1.82) is 0 Å². The zero-order chi connectivity index (χ0) is 22.1. The van der Waals surface area contributed by atoms with Gasteiger partial charge in [-0.1, -0.05) is 24.3 Å². The van der Waals surface area contributed by atoms with Crippen molar-refractivity contribution in [3.63, 3.8) is 0 Å². The van der Waals surface area contributed by atoms with E-state index in [0.717, 1.165) is 33.9 Å². The van der Waals surface area contributed by atoms with Gasteiger partial charge in [-0.15, -0.1) is 0 Å². The van der Waals surface area contributed by atoms with Crippen molar-refractivity contribution in [3.8, 4) is 11.5 Å². The van der Waals surface area contributed by atoms with Gasteiger partial charge in [0.25, 0.3) is 0 Å². The molecule has 2 aromatic rings. The Labute approximate surface area is 179 Å². The highest BCUT2D eigenvalue weighted by atomic mass is 32.2. The molecule has 0 heterocycles. The molecule has 0 spiro atoms. The molecule has 1 amide bonds. The summed E-state index contributed by atoms with van der Waals surface area (Å²) < 4.78 is 36.6. The Morgan fingerprint density at radius 3 is 2.53 bits per heavy atom. The Morgan fingerprint density at radius 2 is 1.87 bits per heavy atom. The van der Waals surface area contributed by atoms with Gasteiger partial charge in [-0.2, -0.15) is 0 Å². The minimum Gasteiger partial charge on any atom is -0.495 e. The first-order chi connectivity index (χ1) is 14.3. The molecule has 0 aromatic heterocycles. The average molecular weight is 435 g/mol. The summed E-state index contributed by atoms with van der Waals surface area (Å²) >= 11 is 0. The lowest BCUT2D eigenvalue weighted by Gasteiger charge is -2.24. The zero-order valence-corrected chi connectivity index (χ0v) is 18.8. The van der Waals surface area contributed by atoms with E-state index in [0.29, 0.717) is 31.0 Å². The van der Waals surface area contributed by atoms with E-state index in [1.807, 2.05) is 44.2 Å². The van der Waals surface area contributed by atoms with Crippen LogP contribution in [-0.2, 0) is 21.2 Å². The lowest BCUT2D eigenvalue weighted by atomic mass is 10.1. The van der Waals surface area contributed by atoms with Gasteiger partial charge in [0.2, 0.25) is 15.9 Å². The fraction of sp³-hybridized carbons (Fsp3) is 0.409. The predicted molar refractivity (Wildman–Crippen MR) is 119 cm³/mol. The molecule has 0 bridgehead atoms. The van der Waals surface area contributed by atoms with Crippen molar-refractivity contribution in [2.45, 2.75) is 26.7 Å². The van der Waals surface area contributed by atoms with Crippen LogP contribution in [0.15, 0.2) is 42.5 Å². The number of anilines is 1. The van der Waals surface area contributed by atoms with E-state index in [1.165, 1.54) is 7.11 Å². The quantitative estimate of drug-likeness (QED) is 0.550. The molecule has 7 nitrogen and oxygen atoms in total. The van der Waals surface area contributed by atoms with Crippen LogP contribution in [0.1, 0.15) is 24.5 Å². The summed E-state index contributed by atoms with van der Waals surface area (Å²) in [5, 5.41) is 2.80. The maximum absolute atomic E-state index is 12.5. The molecule has 0 aliphatic rings. The average Bonchev–Trinajstić information content (AvgIpc) is 2.70. The summed E-state index contributed by atoms with van der Waals surface area (Å²) in [4.78, 5) is 12.5. The van der Waals surface area contributed by atoms with Crippen LogP contribution in [0.3, 0.4) is 0 Å². The zero-order valence-electron chi connectivity index (χ0n) is 18.0. The minimum absolute atomic E-state index is 0.311. The summed E-state index contributed by atoms with van der Waals surface area (Å²) in [6.07, 6.45) is 2.53. The van der Waals surface area contributed by atoms with Gasteiger partial charge >= 0.3 is 0 Å². The summed E-state index contributed by atoms with van der Waals surface area (Å²) in [5.74, 6) is 0.870. The van der Waals surface area contributed by atoms with E-state index in [4.69, 9.17) is 9.47 Å². The molecule has 0 unspecified atom stereocenters. The van der Waals surface area contributed by atoms with E-state index < -0.39 is 10.0 Å². The van der Waals surface area contributed by atoms with E-state index in [2.05, 4.69) is 5.32 Å². The van der Waals surface area contributed by atoms with Crippen molar-refractivity contribution in [1.82, 2.24) is 5.32 Å². The van der Waals surface area contributed by atoms with Crippen molar-refractivity contribution in [3.05, 3.63) is 53.6 Å². The van der Waals surface area contributed by atoms with Gasteiger partial charge < -0.3 is 14.8 Å². The molecular formula is C22H30N2O5S. The maximum atomic E-state index is 12.5. The molecule has 8 heteroatoms. The second-order valence-electron chi connectivity index (χ2n) is 6.94. The Balaban J connectivity index is 1.99. The van der Waals surface area contributed by atoms with Gasteiger partial charge in [-0.3, -0.25) is 9.10 Å². The maximum Gasteiger partial charge on any atom is 0.240 e. The number of hydrogen-bond acceptors (Lipinski definition) is 5. The van der Waals surface area contributed by atoms with Crippen LogP contribution in [0.2, 0.25) is 0 Å². The Bertz CT molecular complexity index is 960. The number of carbonyl (C=O) groups is 1. The van der Waals surface area contributed by atoms with Crippen LogP contribution in [0.5, 0.6) is 11.5 Å². The van der Waals surface area contributed by atoms with Gasteiger partial charge in [0.15, 0.2) is 0 Å². The summed E-state index contributed by atoms with van der Waals surface area (Å²) in [7, 11) is -2.20. The lowest BCUT2D eigenvalue weighted by Crippen LogP contribution is -2.40. The van der Waals surface area contributed by atoms with Gasteiger partial charge in [-0.05, 0) is 56.0 Å². The molecule has 0 saturated heterocycles. The number of nitrogens with zero attached hydrogens (tertiary/aromatic N) is 1. The number of rotatable bonds is 11. The first kappa shape index (κ1) is 23.5. The van der Waals surface area contributed by atoms with Gasteiger partial charge in [0, 0.05) is 6.54 Å². The van der Waals surface area contributed by atoms with Crippen molar-refractivity contribution >= 4 is 21.6 Å². The van der Waals surface area contributed by atoms with Crippen LogP contribution in [-0.4, -0.2) is 47.4 Å². The number of benzene rings is 2. The number of aryl methyl sites for hydroxylation is 2. The molecule has 0 fully saturated rings. The molecule has 0 aliphatic carbocycles. The van der Waals surface area contributed by atoms with E-state index >= 15 is 0 Å². The Kier molecular flexibility index (Phi) is 8.53. The molecule has 30 heavy (non-hydrogen) atoms. The van der Waals surface area contributed by atoms with Crippen LogP contribution in [0, 0.1) is 6.92 Å². The normalized spacial score (nSPS) is 11.1. The van der Waals surface area contributed by atoms with Gasteiger partial charge in [-0.25, -0.2) is 8.42 Å². The molecular weight excluding hydrogens is 404 g/mol. The number of methoxy groups -OCH3 is 1. The number of amides is 1. The highest BCUT2D eigenvalue weighted by Crippen LogP contribution is 2.30. The first-order valence-electron chi connectivity index (χ1n) is 9.86. The van der Waals surface area contributed by atoms with Gasteiger partial charge in [0.1, 0.15) is 18.0 Å². The largest absolute Gasteiger partial charge is 0.495 e. The molecule has 1 N–H and O–H groups in total. The number of nitrogens with one attached hydrogen (secondary N) is 1. The van der Waals surface area contributed by atoms with Crippen LogP contribution in [0.4, 0.5) is 5.69 Å². The van der Waals surface area contributed by atoms with Crippen molar-refractivity contribution in [2.75, 3.05) is 37.4 Å². The first-order valence-corrected chi connectivity index (χ1v) is 11.7. The third-order valence-electron chi connectivity index (χ3n) is 4.51. The third kappa shape index (κ3) is 6.66. The number of carbonyl (C=O) groups excluding carboxylic acids is 1. The van der Waals surface area contributed by atoms with Crippen molar-refractivity contribution in [2.24, 2.45) is 0 Å². The molecule has 0 atom stereocenters. The lowest BCUT2D eigenvalue weighted by molar-refractivity contribution is -0.119. The van der Waals surface area contributed by atoms with Crippen LogP contribution in [0.25, 0.3) is 0 Å². The molecule has 2 rings (SSSR count). The Hall–Kier alpha value is -2.74. The SMILES string of the molecule is CCOc1ccccc1CCCNC(=O)CN(c1cc(C)ccc1OC)S(C)(=O)=O. The van der Waals surface area contributed by atoms with E-state index in [1.54, 1.807) is 12.1 Å². The fourth-order valence-corrected chi connectivity index (χ4v) is 3.93. The topological polar surface area (TPSA) is 84.9 Å². The minimum atomic E-state index is -3.67. The molecule has 0 saturated carbocycles. The standard InChI is InChI=1S/C22H30N2O5S/c1-5-29-20-11-7-6-9-18(20)10-8-14-23-22(25)16-24(30(4,26)27)19-15-17(2)12-13-21(19)28-3/h6-7,9,11-13,15H,5,8,10,14,16H2,1-4H3,(H,23,25). The summed E-state index contributed by atoms with van der Waals surface area (Å²) in [6, 6.07) is 13.0. The molecule has 2 aromatic carbocycles. The molecule has 164 valence electrons. The van der Waals surface area contributed by atoms with E-state index in [9.17, 15) is 13.2 Å². The highest BCUT2D eigenvalue weighted by Gasteiger charge is 2.24. The Morgan fingerprint density at radius 1 is 1.13 bits per heavy atom. The van der Waals surface area contributed by atoms with Crippen molar-refractivity contribution < 1.29 is 22.7 Å². The van der Waals surface area contributed by atoms with Crippen LogP contribution < -0.4 is 19.1 Å². The summed E-state index contributed by atoms with van der Waals surface area (Å²) in [6.45, 7) is 4.50. The molecule has 0 radical (unpaired) electrons. The monoisotopic (exact) mass is 434 g/mol. The number of hydrogen-bond donors (Lipinski definition) is 1. The fourth-order valence-electron chi connectivity index (χ4n) is 3.08. The smallest absolute Gasteiger partial charge is 0.240 e. The van der Waals surface area contributed by atoms with E-state index in [-0.39, 0.29) is 12.5 Å². The second-order valence-corrected chi connectivity index (χ2v) is 8.85. The predicted octanol–water partition coefficient (Wildman–Crippen LogP) is 2.92. The highest BCUT2D eigenvalue weighted by molar-refractivity contribution is 7.92. The third-order valence-corrected chi connectivity index (χ3v) is 5.63. The second kappa shape index (κ2) is 10.9.